The quantitative estimate of drug-likeness (QED) is 0.867. The van der Waals surface area contributed by atoms with E-state index in [0.717, 1.165) is 12.8 Å². The molecule has 118 valence electrons. The number of halogens is 4. The minimum Gasteiger partial charge on any atom is -0.382 e. The van der Waals surface area contributed by atoms with Gasteiger partial charge in [-0.15, -0.1) is 0 Å². The molecule has 1 aliphatic carbocycles. The Morgan fingerprint density at radius 3 is 2.57 bits per heavy atom. The standard InChI is InChI=1S/C13H17BrF3N3O/c1-8(2)12(3-4-12)6-18-9-5-19-20(7-13(15,16)17)11(21)10(9)14/h5,8,18H,3-4,6-7H2,1-2H3. The predicted octanol–water partition coefficient (Wildman–Crippen LogP) is 3.42. The van der Waals surface area contributed by atoms with Gasteiger partial charge in [0.25, 0.3) is 5.56 Å². The van der Waals surface area contributed by atoms with Crippen LogP contribution in [0.5, 0.6) is 0 Å². The van der Waals surface area contributed by atoms with Gasteiger partial charge in [0.15, 0.2) is 0 Å². The van der Waals surface area contributed by atoms with Gasteiger partial charge in [-0.1, -0.05) is 13.8 Å². The number of alkyl halides is 3. The van der Waals surface area contributed by atoms with Crippen molar-refractivity contribution >= 4 is 21.6 Å². The van der Waals surface area contributed by atoms with Gasteiger partial charge in [-0.05, 0) is 40.1 Å². The maximum absolute atomic E-state index is 12.3. The molecule has 0 saturated heterocycles. The van der Waals surface area contributed by atoms with Crippen LogP contribution < -0.4 is 10.9 Å². The number of anilines is 1. The molecule has 0 unspecified atom stereocenters. The first-order valence-electron chi connectivity index (χ1n) is 6.71. The molecule has 0 aliphatic heterocycles. The Kier molecular flexibility index (Phi) is 4.37. The average Bonchev–Trinajstić information content (AvgIpc) is 3.14. The van der Waals surface area contributed by atoms with Crippen LogP contribution in [0.15, 0.2) is 15.5 Å². The first-order valence-corrected chi connectivity index (χ1v) is 7.50. The third-order valence-electron chi connectivity index (χ3n) is 4.06. The van der Waals surface area contributed by atoms with E-state index in [0.29, 0.717) is 22.8 Å². The van der Waals surface area contributed by atoms with Crippen molar-refractivity contribution in [2.45, 2.75) is 39.4 Å². The van der Waals surface area contributed by atoms with Gasteiger partial charge in [0.1, 0.15) is 11.0 Å². The van der Waals surface area contributed by atoms with Crippen LogP contribution in [-0.2, 0) is 6.54 Å². The van der Waals surface area contributed by atoms with E-state index in [9.17, 15) is 18.0 Å². The lowest BCUT2D eigenvalue weighted by Crippen LogP contribution is -2.31. The zero-order valence-electron chi connectivity index (χ0n) is 11.8. The number of nitrogens with one attached hydrogen (secondary N) is 1. The largest absolute Gasteiger partial charge is 0.408 e. The summed E-state index contributed by atoms with van der Waals surface area (Å²) in [6.07, 6.45) is -0.976. The second kappa shape index (κ2) is 5.62. The highest BCUT2D eigenvalue weighted by atomic mass is 79.9. The van der Waals surface area contributed by atoms with E-state index in [-0.39, 0.29) is 9.89 Å². The van der Waals surface area contributed by atoms with Gasteiger partial charge < -0.3 is 5.32 Å². The van der Waals surface area contributed by atoms with Gasteiger partial charge in [-0.3, -0.25) is 4.79 Å². The summed E-state index contributed by atoms with van der Waals surface area (Å²) >= 11 is 3.06. The van der Waals surface area contributed by atoms with Crippen molar-refractivity contribution in [1.29, 1.82) is 0 Å². The Hall–Kier alpha value is -1.05. The summed E-state index contributed by atoms with van der Waals surface area (Å²) in [4.78, 5) is 11.9. The van der Waals surface area contributed by atoms with Crippen molar-refractivity contribution in [3.8, 4) is 0 Å². The summed E-state index contributed by atoms with van der Waals surface area (Å²) in [7, 11) is 0. The molecule has 1 saturated carbocycles. The van der Waals surface area contributed by atoms with Gasteiger partial charge in [-0.2, -0.15) is 18.3 Å². The molecule has 1 fully saturated rings. The Balaban J connectivity index is 2.12. The average molecular weight is 368 g/mol. The highest BCUT2D eigenvalue weighted by Gasteiger charge is 2.45. The molecule has 8 heteroatoms. The third-order valence-corrected chi connectivity index (χ3v) is 4.83. The molecule has 1 heterocycles. The Labute approximate surface area is 128 Å². The summed E-state index contributed by atoms with van der Waals surface area (Å²) in [6, 6.07) is 0. The van der Waals surface area contributed by atoms with Gasteiger partial charge in [0, 0.05) is 6.54 Å². The number of aromatic nitrogens is 2. The Morgan fingerprint density at radius 1 is 1.48 bits per heavy atom. The van der Waals surface area contributed by atoms with Crippen molar-refractivity contribution in [2.75, 3.05) is 11.9 Å². The van der Waals surface area contributed by atoms with E-state index in [1.54, 1.807) is 0 Å². The molecule has 4 nitrogen and oxygen atoms in total. The van der Waals surface area contributed by atoms with Crippen molar-refractivity contribution in [3.63, 3.8) is 0 Å². The molecule has 1 aromatic heterocycles. The Morgan fingerprint density at radius 2 is 2.10 bits per heavy atom. The van der Waals surface area contributed by atoms with Crippen LogP contribution in [0.2, 0.25) is 0 Å². The maximum atomic E-state index is 12.3. The van der Waals surface area contributed by atoms with Gasteiger partial charge in [0.05, 0.1) is 11.9 Å². The molecule has 0 aromatic carbocycles. The van der Waals surface area contributed by atoms with Crippen molar-refractivity contribution in [2.24, 2.45) is 11.3 Å². The first-order chi connectivity index (χ1) is 9.65. The van der Waals surface area contributed by atoms with Gasteiger partial charge in [-0.25, -0.2) is 4.68 Å². The zero-order valence-corrected chi connectivity index (χ0v) is 13.4. The minimum absolute atomic E-state index is 0.0845. The van der Waals surface area contributed by atoms with Crippen LogP contribution in [0, 0.1) is 11.3 Å². The van der Waals surface area contributed by atoms with E-state index < -0.39 is 18.3 Å². The normalized spacial score (nSPS) is 17.1. The second-order valence-electron chi connectivity index (χ2n) is 5.82. The minimum atomic E-state index is -4.47. The number of hydrogen-bond acceptors (Lipinski definition) is 3. The lowest BCUT2D eigenvalue weighted by Gasteiger charge is -2.21. The first kappa shape index (κ1) is 16.3. The molecular formula is C13H17BrF3N3O. The van der Waals surface area contributed by atoms with Crippen LogP contribution in [0.4, 0.5) is 18.9 Å². The molecule has 1 aromatic rings. The van der Waals surface area contributed by atoms with Crippen LogP contribution in [-0.4, -0.2) is 22.5 Å². The third kappa shape index (κ3) is 3.78. The number of rotatable bonds is 5. The van der Waals surface area contributed by atoms with Crippen LogP contribution in [0.25, 0.3) is 0 Å². The number of hydrogen-bond donors (Lipinski definition) is 1. The monoisotopic (exact) mass is 367 g/mol. The fourth-order valence-electron chi connectivity index (χ4n) is 2.26. The molecule has 2 rings (SSSR count). The smallest absolute Gasteiger partial charge is 0.382 e. The lowest BCUT2D eigenvalue weighted by atomic mass is 9.92. The van der Waals surface area contributed by atoms with E-state index in [1.807, 2.05) is 0 Å². The van der Waals surface area contributed by atoms with Crippen LogP contribution in [0.3, 0.4) is 0 Å². The van der Waals surface area contributed by atoms with Gasteiger partial charge >= 0.3 is 6.18 Å². The van der Waals surface area contributed by atoms with Crippen molar-refractivity contribution < 1.29 is 13.2 Å². The summed E-state index contributed by atoms with van der Waals surface area (Å²) in [5.41, 5.74) is -0.127. The maximum Gasteiger partial charge on any atom is 0.408 e. The second-order valence-corrected chi connectivity index (χ2v) is 6.61. The lowest BCUT2D eigenvalue weighted by molar-refractivity contribution is -0.143. The van der Waals surface area contributed by atoms with Crippen LogP contribution in [0.1, 0.15) is 26.7 Å². The SMILES string of the molecule is CC(C)C1(CNc2cnn(CC(F)(F)F)c(=O)c2Br)CC1. The highest BCUT2D eigenvalue weighted by molar-refractivity contribution is 9.10. The fraction of sp³-hybridized carbons (Fsp3) is 0.692. The molecule has 0 amide bonds. The summed E-state index contributed by atoms with van der Waals surface area (Å²) in [5, 5.41) is 6.71. The molecule has 0 spiro atoms. The molecule has 0 radical (unpaired) electrons. The zero-order chi connectivity index (χ0) is 15.8. The van der Waals surface area contributed by atoms with E-state index >= 15 is 0 Å². The topological polar surface area (TPSA) is 46.9 Å². The molecule has 0 bridgehead atoms. The summed E-state index contributed by atoms with van der Waals surface area (Å²) in [5.74, 6) is 0.516. The molecule has 0 atom stereocenters. The van der Waals surface area contributed by atoms with E-state index in [1.165, 1.54) is 6.20 Å². The molecule has 1 N–H and O–H groups in total. The van der Waals surface area contributed by atoms with E-state index in [2.05, 4.69) is 40.2 Å². The molecular weight excluding hydrogens is 351 g/mol. The van der Waals surface area contributed by atoms with E-state index in [4.69, 9.17) is 0 Å². The Bertz CT molecular complexity index is 579. The van der Waals surface area contributed by atoms with Gasteiger partial charge in [0.2, 0.25) is 0 Å². The fourth-order valence-corrected chi connectivity index (χ4v) is 2.71. The number of nitrogens with zero attached hydrogens (tertiary/aromatic N) is 2. The van der Waals surface area contributed by atoms with Crippen LogP contribution >= 0.6 is 15.9 Å². The van der Waals surface area contributed by atoms with Crippen molar-refractivity contribution in [3.05, 3.63) is 21.0 Å². The molecule has 1 aliphatic rings. The molecule has 21 heavy (non-hydrogen) atoms. The highest BCUT2D eigenvalue weighted by Crippen LogP contribution is 2.51. The predicted molar refractivity (Wildman–Crippen MR) is 77.2 cm³/mol. The van der Waals surface area contributed by atoms with Crippen molar-refractivity contribution in [1.82, 2.24) is 9.78 Å². The summed E-state index contributed by atoms with van der Waals surface area (Å²) < 4.78 is 37.5. The summed E-state index contributed by atoms with van der Waals surface area (Å²) in [6.45, 7) is 3.58.